The number of halogens is 1. The van der Waals surface area contributed by atoms with E-state index in [0.717, 1.165) is 18.5 Å². The minimum Gasteiger partial charge on any atom is -0.328 e. The third-order valence-corrected chi connectivity index (χ3v) is 3.50. The molecule has 0 bridgehead atoms. The summed E-state index contributed by atoms with van der Waals surface area (Å²) in [4.78, 5) is 20.7. The van der Waals surface area contributed by atoms with Crippen LogP contribution in [0.5, 0.6) is 0 Å². The van der Waals surface area contributed by atoms with Gasteiger partial charge in [-0.15, -0.1) is 0 Å². The Bertz CT molecular complexity index is 550. The third-order valence-electron chi connectivity index (χ3n) is 3.28. The summed E-state index contributed by atoms with van der Waals surface area (Å²) >= 11 is 5.79. The van der Waals surface area contributed by atoms with Gasteiger partial charge in [0, 0.05) is 26.3 Å². The molecule has 0 unspecified atom stereocenters. The van der Waals surface area contributed by atoms with Crippen molar-refractivity contribution in [2.45, 2.75) is 19.9 Å². The topological polar surface area (TPSA) is 78.1 Å². The Balaban J connectivity index is 2.20. The van der Waals surface area contributed by atoms with Crippen molar-refractivity contribution in [1.29, 1.82) is 0 Å². The summed E-state index contributed by atoms with van der Waals surface area (Å²) in [6.45, 7) is 4.73. The molecule has 1 saturated heterocycles. The van der Waals surface area contributed by atoms with E-state index in [1.807, 2.05) is 11.0 Å². The lowest BCUT2D eigenvalue weighted by atomic mass is 10.2. The van der Waals surface area contributed by atoms with Gasteiger partial charge in [-0.25, -0.2) is 15.1 Å². The lowest BCUT2D eigenvalue weighted by Gasteiger charge is -2.41. The Morgan fingerprint density at radius 1 is 1.45 bits per heavy atom. The molecule has 2 rings (SSSR count). The third kappa shape index (κ3) is 4.28. The van der Waals surface area contributed by atoms with Crippen LogP contribution in [0.4, 0.5) is 0 Å². The number of nitrogens with zero attached hydrogens (tertiary/aromatic N) is 6. The molecule has 1 aromatic rings. The highest BCUT2D eigenvalue weighted by atomic mass is 35.5. The molecule has 1 aliphatic heterocycles. The summed E-state index contributed by atoms with van der Waals surface area (Å²) in [7, 11) is 1.80. The van der Waals surface area contributed by atoms with Crippen molar-refractivity contribution in [3.8, 4) is 0 Å². The van der Waals surface area contributed by atoms with Crippen molar-refractivity contribution in [3.63, 3.8) is 0 Å². The fraction of sp³-hybridized carbons (Fsp3) is 0.538. The summed E-state index contributed by atoms with van der Waals surface area (Å²) in [5, 5.41) is 14.1. The zero-order valence-corrected chi connectivity index (χ0v) is 13.4. The van der Waals surface area contributed by atoms with Crippen LogP contribution in [0.2, 0.25) is 5.15 Å². The van der Waals surface area contributed by atoms with Crippen LogP contribution in [0, 0.1) is 10.1 Å². The van der Waals surface area contributed by atoms with E-state index in [1.165, 1.54) is 0 Å². The van der Waals surface area contributed by atoms with Crippen molar-refractivity contribution in [3.05, 3.63) is 39.2 Å². The summed E-state index contributed by atoms with van der Waals surface area (Å²) < 4.78 is 0. The highest BCUT2D eigenvalue weighted by molar-refractivity contribution is 6.29. The van der Waals surface area contributed by atoms with E-state index in [4.69, 9.17) is 11.6 Å². The molecular weight excluding hydrogens is 308 g/mol. The first-order valence-electron chi connectivity index (χ1n) is 7.01. The molecule has 0 atom stereocenters. The van der Waals surface area contributed by atoms with Gasteiger partial charge in [0.25, 0.3) is 5.96 Å². The minimum atomic E-state index is -0.658. The molecule has 0 amide bonds. The Hall–Kier alpha value is -1.93. The zero-order valence-electron chi connectivity index (χ0n) is 12.6. The van der Waals surface area contributed by atoms with E-state index in [2.05, 4.69) is 21.9 Å². The minimum absolute atomic E-state index is 0.354. The molecule has 22 heavy (non-hydrogen) atoms. The first kappa shape index (κ1) is 16.4. The summed E-state index contributed by atoms with van der Waals surface area (Å²) in [5.74, 6) is 0.354. The van der Waals surface area contributed by atoms with Crippen LogP contribution in [-0.2, 0) is 6.54 Å². The molecule has 1 aromatic heterocycles. The summed E-state index contributed by atoms with van der Waals surface area (Å²) in [6.07, 6.45) is 2.69. The van der Waals surface area contributed by atoms with Gasteiger partial charge in [-0.3, -0.25) is 4.90 Å². The summed E-state index contributed by atoms with van der Waals surface area (Å²) in [6, 6.07) is 3.57. The van der Waals surface area contributed by atoms with Crippen molar-refractivity contribution in [1.82, 2.24) is 19.7 Å². The van der Waals surface area contributed by atoms with Crippen molar-refractivity contribution < 1.29 is 5.03 Å². The first-order valence-corrected chi connectivity index (χ1v) is 7.39. The van der Waals surface area contributed by atoms with Gasteiger partial charge < -0.3 is 9.80 Å². The molecule has 8 nitrogen and oxygen atoms in total. The number of guanidine groups is 1. The van der Waals surface area contributed by atoms with Crippen LogP contribution in [0.1, 0.15) is 18.9 Å². The molecule has 120 valence electrons. The smallest absolute Gasteiger partial charge is 0.276 e. The predicted octanol–water partition coefficient (Wildman–Crippen LogP) is 1.66. The van der Waals surface area contributed by atoms with Crippen molar-refractivity contribution >= 4 is 17.6 Å². The Morgan fingerprint density at radius 3 is 2.82 bits per heavy atom. The van der Waals surface area contributed by atoms with Crippen LogP contribution in [0.25, 0.3) is 0 Å². The molecule has 0 aromatic carbocycles. The molecule has 0 saturated carbocycles. The van der Waals surface area contributed by atoms with Gasteiger partial charge in [-0.05, 0) is 18.1 Å². The van der Waals surface area contributed by atoms with Crippen LogP contribution < -0.4 is 0 Å². The second-order valence-corrected chi connectivity index (χ2v) is 5.59. The summed E-state index contributed by atoms with van der Waals surface area (Å²) in [5.41, 5.74) is 0.923. The second kappa shape index (κ2) is 7.37. The Morgan fingerprint density at radius 2 is 2.23 bits per heavy atom. The molecule has 1 aliphatic rings. The average Bonchev–Trinajstić information content (AvgIpc) is 2.45. The number of nitro groups is 1. The molecule has 0 radical (unpaired) electrons. The van der Waals surface area contributed by atoms with E-state index in [9.17, 15) is 10.1 Å². The van der Waals surface area contributed by atoms with Gasteiger partial charge >= 0.3 is 0 Å². The molecule has 1 fully saturated rings. The van der Waals surface area contributed by atoms with E-state index in [-0.39, 0.29) is 0 Å². The molecule has 0 spiro atoms. The SMILES string of the molecule is CCCN1CN(C)/C(=N\[N+](=O)[O-])N(Cc2ccc(Cl)nc2)C1. The van der Waals surface area contributed by atoms with Gasteiger partial charge in [-0.2, -0.15) is 0 Å². The van der Waals surface area contributed by atoms with Gasteiger partial charge in [0.1, 0.15) is 10.3 Å². The van der Waals surface area contributed by atoms with E-state index in [0.29, 0.717) is 31.0 Å². The molecule has 9 heteroatoms. The standard InChI is InChI=1S/C13H19ClN6O2/c1-3-6-18-9-17(2)13(16-20(21)22)19(10-18)8-11-4-5-12(14)15-7-11/h4-5,7H,3,6,8-10H2,1-2H3/b16-13+. The van der Waals surface area contributed by atoms with Crippen LogP contribution >= 0.6 is 11.6 Å². The lowest BCUT2D eigenvalue weighted by Crippen LogP contribution is -2.57. The zero-order chi connectivity index (χ0) is 16.1. The number of hydrogen-bond donors (Lipinski definition) is 0. The highest BCUT2D eigenvalue weighted by Gasteiger charge is 2.28. The predicted molar refractivity (Wildman–Crippen MR) is 83.7 cm³/mol. The van der Waals surface area contributed by atoms with E-state index in [1.54, 1.807) is 24.2 Å². The van der Waals surface area contributed by atoms with Gasteiger partial charge in [0.05, 0.1) is 13.3 Å². The Labute approximate surface area is 134 Å². The van der Waals surface area contributed by atoms with Crippen molar-refractivity contribution in [2.24, 2.45) is 5.10 Å². The fourth-order valence-electron chi connectivity index (χ4n) is 2.47. The van der Waals surface area contributed by atoms with E-state index < -0.39 is 5.03 Å². The molecule has 0 N–H and O–H groups in total. The van der Waals surface area contributed by atoms with Crippen LogP contribution in [0.3, 0.4) is 0 Å². The number of aromatic nitrogens is 1. The lowest BCUT2D eigenvalue weighted by molar-refractivity contribution is -0.486. The maximum absolute atomic E-state index is 10.8. The largest absolute Gasteiger partial charge is 0.328 e. The van der Waals surface area contributed by atoms with Gasteiger partial charge in [0.15, 0.2) is 5.03 Å². The normalized spacial score (nSPS) is 18.0. The number of rotatable bonds is 5. The number of pyridine rings is 1. The second-order valence-electron chi connectivity index (χ2n) is 5.20. The first-order chi connectivity index (χ1) is 10.5. The van der Waals surface area contributed by atoms with E-state index >= 15 is 0 Å². The monoisotopic (exact) mass is 326 g/mol. The maximum Gasteiger partial charge on any atom is 0.276 e. The van der Waals surface area contributed by atoms with Crippen molar-refractivity contribution in [2.75, 3.05) is 26.9 Å². The maximum atomic E-state index is 10.8. The van der Waals surface area contributed by atoms with Crippen LogP contribution in [-0.4, -0.2) is 57.6 Å². The Kier molecular flexibility index (Phi) is 5.51. The molecular formula is C13H19ClN6O2. The molecule has 2 heterocycles. The van der Waals surface area contributed by atoms with Gasteiger partial charge in [-0.1, -0.05) is 24.6 Å². The molecule has 0 aliphatic carbocycles. The highest BCUT2D eigenvalue weighted by Crippen LogP contribution is 2.14. The fourth-order valence-corrected chi connectivity index (χ4v) is 2.58. The number of hydrogen-bond acceptors (Lipinski definition) is 4. The quantitative estimate of drug-likeness (QED) is 0.465. The number of hydrazone groups is 1. The average molecular weight is 327 g/mol. The van der Waals surface area contributed by atoms with Gasteiger partial charge in [0.2, 0.25) is 0 Å². The van der Waals surface area contributed by atoms with Crippen LogP contribution in [0.15, 0.2) is 23.4 Å².